The Kier molecular flexibility index (Phi) is 7.85. The van der Waals surface area contributed by atoms with Crippen LogP contribution in [0.25, 0.3) is 6.08 Å². The number of amides is 1. The van der Waals surface area contributed by atoms with Gasteiger partial charge in [-0.05, 0) is 57.4 Å². The van der Waals surface area contributed by atoms with Crippen molar-refractivity contribution >= 4 is 17.7 Å². The zero-order chi connectivity index (χ0) is 21.4. The summed E-state index contributed by atoms with van der Waals surface area (Å²) in [5.74, 6) is 0.683. The third kappa shape index (κ3) is 5.61. The maximum atomic E-state index is 12.8. The Labute approximate surface area is 173 Å². The molecule has 2 rings (SSSR count). The molecule has 29 heavy (non-hydrogen) atoms. The number of rotatable bonds is 8. The molecule has 0 radical (unpaired) electrons. The minimum absolute atomic E-state index is 0.000582. The van der Waals surface area contributed by atoms with Crippen molar-refractivity contribution < 1.29 is 14.3 Å². The van der Waals surface area contributed by atoms with Crippen LogP contribution in [0.2, 0.25) is 0 Å². The number of nitrogens with one attached hydrogen (secondary N) is 1. The van der Waals surface area contributed by atoms with Crippen LogP contribution in [0.3, 0.4) is 0 Å². The number of carbonyl (C=O) groups excluding carboxylic acids is 1. The molecule has 0 spiro atoms. The second-order valence-electron chi connectivity index (χ2n) is 6.85. The van der Waals surface area contributed by atoms with E-state index in [4.69, 9.17) is 9.47 Å². The number of hydrogen-bond donors (Lipinski definition) is 1. The van der Waals surface area contributed by atoms with Crippen LogP contribution in [0, 0.1) is 32.1 Å². The number of hydrogen-bond acceptors (Lipinski definition) is 4. The molecule has 0 saturated carbocycles. The van der Waals surface area contributed by atoms with Crippen LogP contribution in [-0.4, -0.2) is 19.1 Å². The molecule has 2 aromatic carbocycles. The topological polar surface area (TPSA) is 71.3 Å². The van der Waals surface area contributed by atoms with Crippen molar-refractivity contribution in [2.45, 2.75) is 41.0 Å². The lowest BCUT2D eigenvalue weighted by Crippen LogP contribution is -2.15. The lowest BCUT2D eigenvalue weighted by atomic mass is 10.0. The average molecular weight is 392 g/mol. The van der Waals surface area contributed by atoms with E-state index in [-0.39, 0.29) is 5.57 Å². The van der Waals surface area contributed by atoms with E-state index >= 15 is 0 Å². The lowest BCUT2D eigenvalue weighted by Gasteiger charge is -2.15. The first-order valence-corrected chi connectivity index (χ1v) is 9.80. The normalized spacial score (nSPS) is 11.0. The molecule has 0 atom stereocenters. The maximum Gasteiger partial charge on any atom is 0.266 e. The first-order valence-electron chi connectivity index (χ1n) is 9.80. The predicted molar refractivity (Wildman–Crippen MR) is 116 cm³/mol. The van der Waals surface area contributed by atoms with Crippen molar-refractivity contribution in [3.05, 3.63) is 58.2 Å². The van der Waals surface area contributed by atoms with Gasteiger partial charge in [-0.15, -0.1) is 0 Å². The quantitative estimate of drug-likeness (QED) is 0.486. The maximum absolute atomic E-state index is 12.8. The highest BCUT2D eigenvalue weighted by atomic mass is 16.5. The molecule has 0 aliphatic carbocycles. The minimum Gasteiger partial charge on any atom is -0.490 e. The highest BCUT2D eigenvalue weighted by Crippen LogP contribution is 2.33. The Morgan fingerprint density at radius 2 is 1.83 bits per heavy atom. The van der Waals surface area contributed by atoms with Gasteiger partial charge in [-0.3, -0.25) is 4.79 Å². The molecule has 152 valence electrons. The van der Waals surface area contributed by atoms with Crippen molar-refractivity contribution in [3.63, 3.8) is 0 Å². The van der Waals surface area contributed by atoms with Crippen LogP contribution in [0.4, 0.5) is 5.69 Å². The van der Waals surface area contributed by atoms with Gasteiger partial charge in [0.2, 0.25) is 0 Å². The summed E-state index contributed by atoms with van der Waals surface area (Å²) in [6.07, 6.45) is 2.38. The Bertz CT molecular complexity index is 932. The number of nitrogens with zero attached hydrogens (tertiary/aromatic N) is 1. The van der Waals surface area contributed by atoms with Gasteiger partial charge in [-0.25, -0.2) is 0 Å². The van der Waals surface area contributed by atoms with Gasteiger partial charge in [0.05, 0.1) is 13.2 Å². The van der Waals surface area contributed by atoms with Crippen molar-refractivity contribution in [1.29, 1.82) is 5.26 Å². The van der Waals surface area contributed by atoms with E-state index in [1.54, 1.807) is 12.1 Å². The number of para-hydroxylation sites is 1. The fraction of sp³-hybridized carbons (Fsp3) is 0.333. The molecule has 0 heterocycles. The van der Waals surface area contributed by atoms with E-state index in [0.29, 0.717) is 30.3 Å². The van der Waals surface area contributed by atoms with Crippen LogP contribution >= 0.6 is 0 Å². The van der Waals surface area contributed by atoms with E-state index in [2.05, 4.69) is 5.32 Å². The Hall–Kier alpha value is -3.26. The van der Waals surface area contributed by atoms with Gasteiger partial charge in [0.15, 0.2) is 11.5 Å². The molecule has 0 aliphatic rings. The lowest BCUT2D eigenvalue weighted by molar-refractivity contribution is -0.112. The minimum atomic E-state index is -0.453. The molecular weight excluding hydrogens is 364 g/mol. The van der Waals surface area contributed by atoms with E-state index in [1.165, 1.54) is 0 Å². The standard InChI is InChI=1S/C24H28N2O3/c1-6-11-29-23-19(9-8-10-21(23)28-7-2)14-20(15-25)24(27)26-22-17(4)12-16(3)13-18(22)5/h8-10,12-14H,6-7,11H2,1-5H3,(H,26,27)/b20-14+. The fourth-order valence-electron chi connectivity index (χ4n) is 3.14. The fourth-order valence-corrected chi connectivity index (χ4v) is 3.14. The van der Waals surface area contributed by atoms with Crippen LogP contribution in [0.5, 0.6) is 11.5 Å². The molecular formula is C24H28N2O3. The largest absolute Gasteiger partial charge is 0.490 e. The van der Waals surface area contributed by atoms with Gasteiger partial charge in [0.25, 0.3) is 5.91 Å². The first-order chi connectivity index (χ1) is 13.9. The summed E-state index contributed by atoms with van der Waals surface area (Å²) in [5, 5.41) is 12.5. The third-order valence-electron chi connectivity index (χ3n) is 4.34. The predicted octanol–water partition coefficient (Wildman–Crippen LogP) is 5.35. The van der Waals surface area contributed by atoms with E-state index in [9.17, 15) is 10.1 Å². The summed E-state index contributed by atoms with van der Waals surface area (Å²) in [7, 11) is 0. The van der Waals surface area contributed by atoms with Gasteiger partial charge in [0, 0.05) is 11.3 Å². The Morgan fingerprint density at radius 1 is 1.14 bits per heavy atom. The summed E-state index contributed by atoms with van der Waals surface area (Å²) in [4.78, 5) is 12.8. The van der Waals surface area contributed by atoms with Crippen LogP contribution in [0.1, 0.15) is 42.5 Å². The molecule has 0 fully saturated rings. The number of anilines is 1. The van der Waals surface area contributed by atoms with Crippen molar-refractivity contribution in [3.8, 4) is 17.6 Å². The van der Waals surface area contributed by atoms with Gasteiger partial charge in [-0.1, -0.05) is 36.8 Å². The molecule has 0 aromatic heterocycles. The van der Waals surface area contributed by atoms with Crippen LogP contribution < -0.4 is 14.8 Å². The molecule has 1 amide bonds. The van der Waals surface area contributed by atoms with Gasteiger partial charge in [0.1, 0.15) is 11.6 Å². The van der Waals surface area contributed by atoms with E-state index in [0.717, 1.165) is 28.8 Å². The molecule has 0 aliphatic heterocycles. The SMILES string of the molecule is CCCOc1c(/C=C(\C#N)C(=O)Nc2c(C)cc(C)cc2C)cccc1OCC. The summed E-state index contributed by atoms with van der Waals surface area (Å²) in [6, 6.07) is 11.4. The van der Waals surface area contributed by atoms with Crippen molar-refractivity contribution in [2.24, 2.45) is 0 Å². The zero-order valence-corrected chi connectivity index (χ0v) is 17.8. The zero-order valence-electron chi connectivity index (χ0n) is 17.8. The van der Waals surface area contributed by atoms with Crippen molar-refractivity contribution in [2.75, 3.05) is 18.5 Å². The first kappa shape index (κ1) is 22.0. The number of ether oxygens (including phenoxy) is 2. The molecule has 5 nitrogen and oxygen atoms in total. The number of benzene rings is 2. The molecule has 5 heteroatoms. The molecule has 0 saturated heterocycles. The number of aryl methyl sites for hydroxylation is 3. The van der Waals surface area contributed by atoms with Crippen LogP contribution in [0.15, 0.2) is 35.9 Å². The van der Waals surface area contributed by atoms with Crippen molar-refractivity contribution in [1.82, 2.24) is 0 Å². The Morgan fingerprint density at radius 3 is 2.41 bits per heavy atom. The smallest absolute Gasteiger partial charge is 0.266 e. The third-order valence-corrected chi connectivity index (χ3v) is 4.34. The van der Waals surface area contributed by atoms with E-state index < -0.39 is 5.91 Å². The summed E-state index contributed by atoms with van der Waals surface area (Å²) >= 11 is 0. The van der Waals surface area contributed by atoms with Crippen LogP contribution in [-0.2, 0) is 4.79 Å². The summed E-state index contributed by atoms with van der Waals surface area (Å²) in [6.45, 7) is 10.8. The van der Waals surface area contributed by atoms with Gasteiger partial charge < -0.3 is 14.8 Å². The molecule has 2 aromatic rings. The molecule has 1 N–H and O–H groups in total. The number of carbonyl (C=O) groups is 1. The molecule has 0 bridgehead atoms. The Balaban J connectivity index is 2.40. The van der Waals surface area contributed by atoms with Gasteiger partial charge >= 0.3 is 0 Å². The number of nitriles is 1. The second kappa shape index (κ2) is 10.3. The van der Waals surface area contributed by atoms with Gasteiger partial charge in [-0.2, -0.15) is 5.26 Å². The monoisotopic (exact) mass is 392 g/mol. The summed E-state index contributed by atoms with van der Waals surface area (Å²) < 4.78 is 11.5. The highest BCUT2D eigenvalue weighted by molar-refractivity contribution is 6.10. The highest BCUT2D eigenvalue weighted by Gasteiger charge is 2.16. The summed E-state index contributed by atoms with van der Waals surface area (Å²) in [5.41, 5.74) is 4.40. The second-order valence-corrected chi connectivity index (χ2v) is 6.85. The molecule has 0 unspecified atom stereocenters. The average Bonchev–Trinajstić information content (AvgIpc) is 2.68. The van der Waals surface area contributed by atoms with E-state index in [1.807, 2.05) is 65.0 Å².